The summed E-state index contributed by atoms with van der Waals surface area (Å²) in [6.07, 6.45) is 0. The van der Waals surface area contributed by atoms with Gasteiger partial charge in [-0.3, -0.25) is 21.6 Å². The summed E-state index contributed by atoms with van der Waals surface area (Å²) in [6, 6.07) is 10.3. The number of nitrogens with two attached hydrogens (primary N) is 4. The molecule has 0 saturated carbocycles. The molecule has 19 heavy (non-hydrogen) atoms. The summed E-state index contributed by atoms with van der Waals surface area (Å²) in [7, 11) is 0. The van der Waals surface area contributed by atoms with Gasteiger partial charge in [-0.25, -0.2) is 0 Å². The number of hydrogen-bond donors (Lipinski definition) is 8. The fourth-order valence-electron chi connectivity index (χ4n) is 0.534. The molecule has 0 aliphatic carbocycles. The maximum atomic E-state index is 6.38. The SMILES string of the molecule is Cc1ccccc1.N=C(N)C(=N)N.N=C(N)C(=N)N. The molecule has 104 valence electrons. The van der Waals surface area contributed by atoms with Crippen LogP contribution in [0, 0.1) is 28.6 Å². The van der Waals surface area contributed by atoms with Crippen molar-refractivity contribution in [2.24, 2.45) is 22.9 Å². The molecule has 1 aromatic rings. The molecule has 1 aromatic carbocycles. The van der Waals surface area contributed by atoms with Crippen molar-refractivity contribution in [1.29, 1.82) is 21.6 Å². The largest absolute Gasteiger partial charge is 0.381 e. The van der Waals surface area contributed by atoms with Gasteiger partial charge in [0.15, 0.2) is 23.3 Å². The molecule has 1 rings (SSSR count). The van der Waals surface area contributed by atoms with Crippen molar-refractivity contribution in [2.75, 3.05) is 0 Å². The van der Waals surface area contributed by atoms with Gasteiger partial charge in [0.25, 0.3) is 0 Å². The Morgan fingerprint density at radius 3 is 1.05 bits per heavy atom. The summed E-state index contributed by atoms with van der Waals surface area (Å²) >= 11 is 0. The van der Waals surface area contributed by atoms with E-state index < -0.39 is 0 Å². The van der Waals surface area contributed by atoms with Crippen LogP contribution >= 0.6 is 0 Å². The summed E-state index contributed by atoms with van der Waals surface area (Å²) in [4.78, 5) is 0. The van der Waals surface area contributed by atoms with E-state index in [1.165, 1.54) is 5.56 Å². The maximum Gasteiger partial charge on any atom is 0.158 e. The van der Waals surface area contributed by atoms with Crippen LogP contribution in [0.1, 0.15) is 5.56 Å². The molecule has 0 radical (unpaired) electrons. The Morgan fingerprint density at radius 2 is 0.947 bits per heavy atom. The molecule has 0 heterocycles. The number of hydrogen-bond acceptors (Lipinski definition) is 4. The van der Waals surface area contributed by atoms with Gasteiger partial charge in [0.05, 0.1) is 0 Å². The van der Waals surface area contributed by atoms with Crippen LogP contribution in [-0.4, -0.2) is 23.3 Å². The first-order chi connectivity index (χ1) is 8.68. The highest BCUT2D eigenvalue weighted by Gasteiger charge is 1.85. The van der Waals surface area contributed by atoms with Crippen molar-refractivity contribution in [2.45, 2.75) is 6.92 Å². The van der Waals surface area contributed by atoms with E-state index in [0.717, 1.165) is 0 Å². The molecular formula is C11H20N8. The minimum absolute atomic E-state index is 0.380. The molecule has 0 amide bonds. The second kappa shape index (κ2) is 10.3. The van der Waals surface area contributed by atoms with Gasteiger partial charge in [0.2, 0.25) is 0 Å². The Balaban J connectivity index is 0. The normalized spacial score (nSPS) is 7.84. The van der Waals surface area contributed by atoms with Crippen LogP contribution in [0.3, 0.4) is 0 Å². The molecule has 0 saturated heterocycles. The van der Waals surface area contributed by atoms with Crippen LogP contribution in [0.4, 0.5) is 0 Å². The first-order valence-corrected chi connectivity index (χ1v) is 5.07. The highest BCUT2D eigenvalue weighted by Crippen LogP contribution is 1.92. The molecule has 0 aromatic heterocycles. The summed E-state index contributed by atoms with van der Waals surface area (Å²) in [5.74, 6) is -1.52. The zero-order chi connectivity index (χ0) is 15.4. The quantitative estimate of drug-likeness (QED) is 0.235. The Morgan fingerprint density at radius 1 is 0.684 bits per heavy atom. The number of nitrogens with one attached hydrogen (secondary N) is 4. The zero-order valence-corrected chi connectivity index (χ0v) is 10.7. The van der Waals surface area contributed by atoms with Crippen LogP contribution in [0.15, 0.2) is 30.3 Å². The lowest BCUT2D eigenvalue weighted by molar-refractivity contribution is 1.41. The number of aryl methyl sites for hydroxylation is 1. The predicted octanol–water partition coefficient (Wildman–Crippen LogP) is -0.288. The van der Waals surface area contributed by atoms with Crippen LogP contribution in [0.25, 0.3) is 0 Å². The third-order valence-corrected chi connectivity index (χ3v) is 1.52. The second-order valence-corrected chi connectivity index (χ2v) is 3.31. The molecule has 0 atom stereocenters. The molecule has 0 bridgehead atoms. The van der Waals surface area contributed by atoms with Gasteiger partial charge >= 0.3 is 0 Å². The molecule has 8 heteroatoms. The van der Waals surface area contributed by atoms with Gasteiger partial charge in [0.1, 0.15) is 0 Å². The molecule has 12 N–H and O–H groups in total. The predicted molar refractivity (Wildman–Crippen MR) is 78.8 cm³/mol. The van der Waals surface area contributed by atoms with Gasteiger partial charge in [0, 0.05) is 0 Å². The third-order valence-electron chi connectivity index (χ3n) is 1.52. The van der Waals surface area contributed by atoms with E-state index >= 15 is 0 Å². The van der Waals surface area contributed by atoms with E-state index in [1.807, 2.05) is 18.2 Å². The average molecular weight is 264 g/mol. The molecule has 0 aliphatic rings. The van der Waals surface area contributed by atoms with Gasteiger partial charge in [-0.1, -0.05) is 35.9 Å². The van der Waals surface area contributed by atoms with Gasteiger partial charge in [-0.05, 0) is 6.92 Å². The molecule has 0 fully saturated rings. The molecule has 0 unspecified atom stereocenters. The van der Waals surface area contributed by atoms with Crippen molar-refractivity contribution in [1.82, 2.24) is 0 Å². The maximum absolute atomic E-state index is 6.38. The fraction of sp³-hybridized carbons (Fsp3) is 0.0909. The first kappa shape index (κ1) is 18.5. The van der Waals surface area contributed by atoms with Crippen LogP contribution in [-0.2, 0) is 0 Å². The van der Waals surface area contributed by atoms with E-state index in [2.05, 4.69) is 42.0 Å². The Labute approximate surface area is 111 Å². The fourth-order valence-corrected chi connectivity index (χ4v) is 0.534. The van der Waals surface area contributed by atoms with E-state index in [-0.39, 0.29) is 23.3 Å². The second-order valence-electron chi connectivity index (χ2n) is 3.31. The lowest BCUT2D eigenvalue weighted by Crippen LogP contribution is -2.28. The Bertz CT molecular complexity index is 389. The van der Waals surface area contributed by atoms with Crippen molar-refractivity contribution < 1.29 is 0 Å². The minimum atomic E-state index is -0.380. The lowest BCUT2D eigenvalue weighted by Gasteiger charge is -1.84. The summed E-state index contributed by atoms with van der Waals surface area (Å²) in [5.41, 5.74) is 20.0. The van der Waals surface area contributed by atoms with Gasteiger partial charge < -0.3 is 22.9 Å². The van der Waals surface area contributed by atoms with Gasteiger partial charge in [-0.2, -0.15) is 0 Å². The number of amidine groups is 4. The summed E-state index contributed by atoms with van der Waals surface area (Å²) in [5, 5.41) is 25.5. The Hall–Kier alpha value is -2.90. The van der Waals surface area contributed by atoms with Gasteiger partial charge in [-0.15, -0.1) is 0 Å². The standard InChI is InChI=1S/C7H8.2C2H6N4/c1-7-5-3-2-4-6-7;2*3-1(4)2(5)6/h2-6H,1H3;2*(H3,3,4)(H3,5,6). The molecule has 0 spiro atoms. The van der Waals surface area contributed by atoms with Crippen LogP contribution in [0.2, 0.25) is 0 Å². The van der Waals surface area contributed by atoms with E-state index in [4.69, 9.17) is 21.6 Å². The third kappa shape index (κ3) is 15.1. The lowest BCUT2D eigenvalue weighted by atomic mass is 10.2. The smallest absolute Gasteiger partial charge is 0.158 e. The highest BCUT2D eigenvalue weighted by atomic mass is 14.8. The van der Waals surface area contributed by atoms with Crippen LogP contribution in [0.5, 0.6) is 0 Å². The van der Waals surface area contributed by atoms with E-state index in [0.29, 0.717) is 0 Å². The van der Waals surface area contributed by atoms with Crippen molar-refractivity contribution in [3.05, 3.63) is 35.9 Å². The van der Waals surface area contributed by atoms with Crippen molar-refractivity contribution in [3.8, 4) is 0 Å². The Kier molecular flexibility index (Phi) is 9.98. The molecule has 8 nitrogen and oxygen atoms in total. The summed E-state index contributed by atoms with van der Waals surface area (Å²) < 4.78 is 0. The van der Waals surface area contributed by atoms with E-state index in [9.17, 15) is 0 Å². The summed E-state index contributed by atoms with van der Waals surface area (Å²) in [6.45, 7) is 2.08. The zero-order valence-electron chi connectivity index (χ0n) is 10.7. The number of rotatable bonds is 0. The minimum Gasteiger partial charge on any atom is -0.381 e. The van der Waals surface area contributed by atoms with Crippen molar-refractivity contribution in [3.63, 3.8) is 0 Å². The average Bonchev–Trinajstić information content (AvgIpc) is 2.31. The first-order valence-electron chi connectivity index (χ1n) is 5.07. The topological polar surface area (TPSA) is 199 Å². The highest BCUT2D eigenvalue weighted by molar-refractivity contribution is 6.36. The number of benzene rings is 1. The molecule has 0 aliphatic heterocycles. The van der Waals surface area contributed by atoms with Crippen molar-refractivity contribution >= 4 is 23.3 Å². The van der Waals surface area contributed by atoms with Crippen LogP contribution < -0.4 is 22.9 Å². The monoisotopic (exact) mass is 264 g/mol. The van der Waals surface area contributed by atoms with E-state index in [1.54, 1.807) is 0 Å². The molecular weight excluding hydrogens is 244 g/mol.